The van der Waals surface area contributed by atoms with Crippen molar-refractivity contribution in [1.29, 1.82) is 0 Å². The molecule has 0 heterocycles. The second-order valence-electron chi connectivity index (χ2n) is 12.4. The number of fused-ring (bicyclic) bond motifs is 5. The molecule has 0 aromatic carbocycles. The van der Waals surface area contributed by atoms with E-state index in [1.807, 2.05) is 0 Å². The predicted molar refractivity (Wildman–Crippen MR) is 124 cm³/mol. The Labute approximate surface area is 185 Å². The van der Waals surface area contributed by atoms with E-state index in [9.17, 15) is 5.11 Å². The second kappa shape index (κ2) is 8.65. The maximum Gasteiger partial charge on any atom is 0.0577 e. The lowest BCUT2D eigenvalue weighted by Gasteiger charge is -2.62. The molecule has 1 N–H and O–H groups in total. The predicted octanol–water partition coefficient (Wildman–Crippen LogP) is 7.69. The van der Waals surface area contributed by atoms with Gasteiger partial charge in [0.1, 0.15) is 0 Å². The number of aliphatic hydroxyl groups excluding tert-OH is 1. The number of halogens is 1. The lowest BCUT2D eigenvalue weighted by atomic mass is 9.44. The fourth-order valence-corrected chi connectivity index (χ4v) is 9.45. The van der Waals surface area contributed by atoms with Gasteiger partial charge in [0.2, 0.25) is 0 Å². The standard InChI is InChI=1S/C27H47ClO/c1-18(17-28)8-7-9-19(2)21-11-12-22-25-23(13-15-27(21,22)4)26(3)14-6-5-10-20(26)16-24(25)29/h18-25,29H,5-17H2,1-4H3/t18?,19-,20?,21-,22+,23+,24?,25+,26+,27-/m1/s1. The summed E-state index contributed by atoms with van der Waals surface area (Å²) in [5.41, 5.74) is 0.988. The van der Waals surface area contributed by atoms with E-state index in [1.54, 1.807) is 0 Å². The summed E-state index contributed by atoms with van der Waals surface area (Å²) in [6.07, 6.45) is 16.3. The van der Waals surface area contributed by atoms with Gasteiger partial charge in [-0.1, -0.05) is 53.4 Å². The van der Waals surface area contributed by atoms with Gasteiger partial charge in [-0.2, -0.15) is 0 Å². The first-order valence-electron chi connectivity index (χ1n) is 13.0. The molecule has 4 saturated carbocycles. The number of rotatable bonds is 6. The molecule has 29 heavy (non-hydrogen) atoms. The molecule has 0 saturated heterocycles. The Bertz CT molecular complexity index is 563. The highest BCUT2D eigenvalue weighted by molar-refractivity contribution is 6.18. The molecule has 0 aromatic rings. The number of hydrogen-bond donors (Lipinski definition) is 1. The number of hydrogen-bond acceptors (Lipinski definition) is 1. The first-order valence-corrected chi connectivity index (χ1v) is 13.6. The maximum absolute atomic E-state index is 11.4. The van der Waals surface area contributed by atoms with Crippen molar-refractivity contribution in [2.75, 3.05) is 5.88 Å². The molecular formula is C27H47ClO. The summed E-state index contributed by atoms with van der Waals surface area (Å²) in [6.45, 7) is 10.1. The molecule has 0 spiro atoms. The Morgan fingerprint density at radius 1 is 0.931 bits per heavy atom. The minimum atomic E-state index is -0.0283. The van der Waals surface area contributed by atoms with E-state index < -0.39 is 0 Å². The Kier molecular flexibility index (Phi) is 6.69. The number of aliphatic hydroxyl groups is 1. The molecular weight excluding hydrogens is 376 g/mol. The molecule has 3 unspecified atom stereocenters. The van der Waals surface area contributed by atoms with Crippen molar-refractivity contribution >= 4 is 11.6 Å². The van der Waals surface area contributed by atoms with Crippen molar-refractivity contribution in [3.8, 4) is 0 Å². The van der Waals surface area contributed by atoms with Crippen LogP contribution in [0, 0.1) is 52.3 Å². The molecule has 0 aromatic heterocycles. The van der Waals surface area contributed by atoms with E-state index in [-0.39, 0.29) is 6.10 Å². The van der Waals surface area contributed by atoms with Gasteiger partial charge in [-0.3, -0.25) is 0 Å². The van der Waals surface area contributed by atoms with Crippen molar-refractivity contribution < 1.29 is 5.11 Å². The van der Waals surface area contributed by atoms with E-state index in [4.69, 9.17) is 11.6 Å². The van der Waals surface area contributed by atoms with Crippen LogP contribution in [0.4, 0.5) is 0 Å². The van der Waals surface area contributed by atoms with Crippen molar-refractivity contribution in [2.24, 2.45) is 52.3 Å². The van der Waals surface area contributed by atoms with Gasteiger partial charge in [0.15, 0.2) is 0 Å². The highest BCUT2D eigenvalue weighted by atomic mass is 35.5. The fraction of sp³-hybridized carbons (Fsp3) is 1.00. The summed E-state index contributed by atoms with van der Waals surface area (Å²) >= 11 is 6.02. The molecule has 4 aliphatic rings. The lowest BCUT2D eigenvalue weighted by molar-refractivity contribution is -0.164. The Hall–Kier alpha value is 0.250. The van der Waals surface area contributed by atoms with Crippen LogP contribution in [0.15, 0.2) is 0 Å². The van der Waals surface area contributed by atoms with Crippen LogP contribution >= 0.6 is 11.6 Å². The van der Waals surface area contributed by atoms with Crippen LogP contribution in [-0.4, -0.2) is 17.1 Å². The SMILES string of the molecule is CC(CCl)CCC[C@@H](C)[C@H]1CC[C@H]2[C@@H]3C(O)CC4CCCC[C@]4(C)[C@H]3CC[C@]12C. The van der Waals surface area contributed by atoms with Gasteiger partial charge in [-0.25, -0.2) is 0 Å². The lowest BCUT2D eigenvalue weighted by Crippen LogP contribution is -2.57. The molecule has 0 aliphatic heterocycles. The van der Waals surface area contributed by atoms with Gasteiger partial charge in [0, 0.05) is 5.88 Å². The topological polar surface area (TPSA) is 20.2 Å². The van der Waals surface area contributed by atoms with Gasteiger partial charge in [0.05, 0.1) is 6.10 Å². The molecule has 4 aliphatic carbocycles. The summed E-state index contributed by atoms with van der Waals surface area (Å²) in [4.78, 5) is 0. The average molecular weight is 423 g/mol. The third-order valence-corrected chi connectivity index (χ3v) is 11.5. The molecule has 168 valence electrons. The smallest absolute Gasteiger partial charge is 0.0577 e. The Morgan fingerprint density at radius 3 is 2.45 bits per heavy atom. The van der Waals surface area contributed by atoms with Crippen LogP contribution < -0.4 is 0 Å². The zero-order chi connectivity index (χ0) is 20.8. The minimum Gasteiger partial charge on any atom is -0.393 e. The van der Waals surface area contributed by atoms with Crippen LogP contribution in [0.3, 0.4) is 0 Å². The maximum atomic E-state index is 11.4. The van der Waals surface area contributed by atoms with Crippen LogP contribution in [0.1, 0.15) is 105 Å². The molecule has 2 heteroatoms. The molecule has 4 fully saturated rings. The van der Waals surface area contributed by atoms with Gasteiger partial charge in [-0.05, 0) is 104 Å². The first kappa shape index (κ1) is 22.4. The zero-order valence-electron chi connectivity index (χ0n) is 19.6. The van der Waals surface area contributed by atoms with Gasteiger partial charge >= 0.3 is 0 Å². The van der Waals surface area contributed by atoms with E-state index >= 15 is 0 Å². The van der Waals surface area contributed by atoms with E-state index in [0.717, 1.165) is 41.9 Å². The Morgan fingerprint density at radius 2 is 1.69 bits per heavy atom. The highest BCUT2D eigenvalue weighted by Crippen LogP contribution is 2.68. The monoisotopic (exact) mass is 422 g/mol. The second-order valence-corrected chi connectivity index (χ2v) is 12.7. The largest absolute Gasteiger partial charge is 0.393 e. The molecule has 4 rings (SSSR count). The zero-order valence-corrected chi connectivity index (χ0v) is 20.4. The van der Waals surface area contributed by atoms with Crippen molar-refractivity contribution in [2.45, 2.75) is 111 Å². The van der Waals surface area contributed by atoms with Gasteiger partial charge < -0.3 is 5.11 Å². The van der Waals surface area contributed by atoms with E-state index in [1.165, 1.54) is 70.6 Å². The van der Waals surface area contributed by atoms with Gasteiger partial charge in [-0.15, -0.1) is 11.6 Å². The van der Waals surface area contributed by atoms with Crippen LogP contribution in [0.2, 0.25) is 0 Å². The quantitative estimate of drug-likeness (QED) is 0.435. The molecule has 1 nitrogen and oxygen atoms in total. The number of alkyl halides is 1. The summed E-state index contributed by atoms with van der Waals surface area (Å²) in [5.74, 6) is 6.08. The summed E-state index contributed by atoms with van der Waals surface area (Å²) in [7, 11) is 0. The third kappa shape index (κ3) is 3.83. The van der Waals surface area contributed by atoms with E-state index in [0.29, 0.717) is 22.7 Å². The van der Waals surface area contributed by atoms with Crippen LogP contribution in [-0.2, 0) is 0 Å². The Balaban J connectivity index is 1.47. The third-order valence-electron chi connectivity index (χ3n) is 11.0. The molecule has 0 amide bonds. The summed E-state index contributed by atoms with van der Waals surface area (Å²) in [5, 5.41) is 11.4. The first-order chi connectivity index (χ1) is 13.8. The molecule has 10 atom stereocenters. The van der Waals surface area contributed by atoms with E-state index in [2.05, 4.69) is 27.7 Å². The molecule has 0 radical (unpaired) electrons. The fourth-order valence-electron chi connectivity index (χ4n) is 9.30. The molecule has 0 bridgehead atoms. The highest BCUT2D eigenvalue weighted by Gasteiger charge is 2.62. The van der Waals surface area contributed by atoms with Crippen molar-refractivity contribution in [3.63, 3.8) is 0 Å². The summed E-state index contributed by atoms with van der Waals surface area (Å²) in [6, 6.07) is 0. The normalized spacial score (nSPS) is 49.0. The van der Waals surface area contributed by atoms with Crippen molar-refractivity contribution in [1.82, 2.24) is 0 Å². The minimum absolute atomic E-state index is 0.0283. The van der Waals surface area contributed by atoms with Crippen LogP contribution in [0.5, 0.6) is 0 Å². The van der Waals surface area contributed by atoms with Gasteiger partial charge in [0.25, 0.3) is 0 Å². The average Bonchev–Trinajstić information content (AvgIpc) is 3.05. The summed E-state index contributed by atoms with van der Waals surface area (Å²) < 4.78 is 0. The van der Waals surface area contributed by atoms with Crippen LogP contribution in [0.25, 0.3) is 0 Å². The van der Waals surface area contributed by atoms with Crippen molar-refractivity contribution in [3.05, 3.63) is 0 Å².